The average Bonchev–Trinajstić information content (AvgIpc) is 3.13. The lowest BCUT2D eigenvalue weighted by molar-refractivity contribution is -0.136. The van der Waals surface area contributed by atoms with Crippen LogP contribution in [0.5, 0.6) is 0 Å². The summed E-state index contributed by atoms with van der Waals surface area (Å²) < 4.78 is 0. The lowest BCUT2D eigenvalue weighted by Crippen LogP contribution is -2.48. The number of hydrogen-bond acceptors (Lipinski definition) is 4. The summed E-state index contributed by atoms with van der Waals surface area (Å²) in [5.74, 6) is -0.966. The molecule has 0 aliphatic carbocycles. The third-order valence-corrected chi connectivity index (χ3v) is 4.90. The fourth-order valence-corrected chi connectivity index (χ4v) is 3.29. The van der Waals surface area contributed by atoms with Gasteiger partial charge in [0.05, 0.1) is 18.0 Å². The number of nitrogens with one attached hydrogen (secondary N) is 2. The standard InChI is InChI=1S/C20H24ClN3O3S/c1-20(2,3)23-17(25)13-24(12-14-7-4-5-8-15(14)21)18(26)11-22-19(27)16-9-6-10-28-16/h4-10H,11-13H2,1-3H3,(H,22,27)(H,23,25). The van der Waals surface area contributed by atoms with Gasteiger partial charge in [-0.1, -0.05) is 35.9 Å². The van der Waals surface area contributed by atoms with Gasteiger partial charge in [-0.25, -0.2) is 0 Å². The van der Waals surface area contributed by atoms with Gasteiger partial charge in [-0.3, -0.25) is 14.4 Å². The first-order valence-electron chi connectivity index (χ1n) is 8.79. The summed E-state index contributed by atoms with van der Waals surface area (Å²) in [6.45, 7) is 5.44. The molecule has 28 heavy (non-hydrogen) atoms. The Kier molecular flexibility index (Phi) is 7.60. The van der Waals surface area contributed by atoms with E-state index in [4.69, 9.17) is 11.6 Å². The predicted octanol–water partition coefficient (Wildman–Crippen LogP) is 3.07. The van der Waals surface area contributed by atoms with Gasteiger partial charge in [0.2, 0.25) is 11.8 Å². The molecule has 0 atom stereocenters. The summed E-state index contributed by atoms with van der Waals surface area (Å²) in [5.41, 5.74) is 0.314. The zero-order valence-electron chi connectivity index (χ0n) is 16.1. The van der Waals surface area contributed by atoms with E-state index in [1.54, 1.807) is 35.7 Å². The molecule has 0 bridgehead atoms. The number of carbonyl (C=O) groups excluding carboxylic acids is 3. The SMILES string of the molecule is CC(C)(C)NC(=O)CN(Cc1ccccc1Cl)C(=O)CNC(=O)c1cccs1. The molecule has 2 rings (SSSR count). The van der Waals surface area contributed by atoms with Crippen LogP contribution in [0.2, 0.25) is 5.02 Å². The van der Waals surface area contributed by atoms with E-state index in [1.807, 2.05) is 26.8 Å². The van der Waals surface area contributed by atoms with Crippen LogP contribution in [0.1, 0.15) is 36.0 Å². The molecule has 6 nitrogen and oxygen atoms in total. The van der Waals surface area contributed by atoms with Crippen LogP contribution in [-0.2, 0) is 16.1 Å². The lowest BCUT2D eigenvalue weighted by Gasteiger charge is -2.26. The highest BCUT2D eigenvalue weighted by molar-refractivity contribution is 7.12. The molecule has 0 saturated carbocycles. The summed E-state index contributed by atoms with van der Waals surface area (Å²) in [6, 6.07) is 10.6. The molecule has 1 aromatic heterocycles. The number of thiophene rings is 1. The number of carbonyl (C=O) groups is 3. The van der Waals surface area contributed by atoms with Crippen molar-refractivity contribution in [2.45, 2.75) is 32.9 Å². The molecule has 1 aromatic carbocycles. The molecule has 0 fully saturated rings. The molecule has 8 heteroatoms. The van der Waals surface area contributed by atoms with E-state index in [9.17, 15) is 14.4 Å². The maximum absolute atomic E-state index is 12.7. The quantitative estimate of drug-likeness (QED) is 0.721. The first-order chi connectivity index (χ1) is 13.2. The molecule has 0 unspecified atom stereocenters. The third kappa shape index (κ3) is 6.98. The smallest absolute Gasteiger partial charge is 0.261 e. The fraction of sp³-hybridized carbons (Fsp3) is 0.350. The van der Waals surface area contributed by atoms with Gasteiger partial charge in [0.25, 0.3) is 5.91 Å². The minimum atomic E-state index is -0.413. The normalized spacial score (nSPS) is 11.0. The highest BCUT2D eigenvalue weighted by Crippen LogP contribution is 2.17. The molecular formula is C20H24ClN3O3S. The molecule has 3 amide bonds. The lowest BCUT2D eigenvalue weighted by atomic mass is 10.1. The molecule has 2 aromatic rings. The second-order valence-corrected chi connectivity index (χ2v) is 8.65. The zero-order valence-corrected chi connectivity index (χ0v) is 17.7. The van der Waals surface area contributed by atoms with Crippen molar-refractivity contribution >= 4 is 40.7 Å². The highest BCUT2D eigenvalue weighted by atomic mass is 35.5. The van der Waals surface area contributed by atoms with Gasteiger partial charge in [0.1, 0.15) is 0 Å². The molecule has 0 aliphatic heterocycles. The second-order valence-electron chi connectivity index (χ2n) is 7.30. The summed E-state index contributed by atoms with van der Waals surface area (Å²) in [6.07, 6.45) is 0. The summed E-state index contributed by atoms with van der Waals surface area (Å²) in [5, 5.41) is 7.75. The Morgan fingerprint density at radius 3 is 2.43 bits per heavy atom. The Labute approximate surface area is 173 Å². The maximum Gasteiger partial charge on any atom is 0.261 e. The Hall–Kier alpha value is -2.38. The molecule has 0 aliphatic rings. The van der Waals surface area contributed by atoms with Crippen molar-refractivity contribution in [3.63, 3.8) is 0 Å². The van der Waals surface area contributed by atoms with Gasteiger partial charge in [0.15, 0.2) is 0 Å². The van der Waals surface area contributed by atoms with Gasteiger partial charge in [-0.2, -0.15) is 0 Å². The fourth-order valence-electron chi connectivity index (χ4n) is 2.46. The molecule has 0 radical (unpaired) electrons. The van der Waals surface area contributed by atoms with Gasteiger partial charge in [0, 0.05) is 17.1 Å². The monoisotopic (exact) mass is 421 g/mol. The van der Waals surface area contributed by atoms with Crippen LogP contribution in [-0.4, -0.2) is 41.2 Å². The van der Waals surface area contributed by atoms with Crippen molar-refractivity contribution < 1.29 is 14.4 Å². The minimum absolute atomic E-state index is 0.129. The van der Waals surface area contributed by atoms with E-state index in [0.29, 0.717) is 9.90 Å². The first kappa shape index (κ1) is 21.9. The summed E-state index contributed by atoms with van der Waals surface area (Å²) in [4.78, 5) is 39.1. The van der Waals surface area contributed by atoms with Gasteiger partial charge in [-0.05, 0) is 43.8 Å². The van der Waals surface area contributed by atoms with Crippen molar-refractivity contribution in [3.05, 3.63) is 57.2 Å². The molecule has 0 spiro atoms. The number of nitrogens with zero attached hydrogens (tertiary/aromatic N) is 1. The predicted molar refractivity (Wildman–Crippen MR) is 111 cm³/mol. The first-order valence-corrected chi connectivity index (χ1v) is 10.1. The number of hydrogen-bond donors (Lipinski definition) is 2. The van der Waals surface area contributed by atoms with Crippen LogP contribution < -0.4 is 10.6 Å². The van der Waals surface area contributed by atoms with E-state index < -0.39 is 5.54 Å². The van der Waals surface area contributed by atoms with Crippen molar-refractivity contribution in [1.82, 2.24) is 15.5 Å². The number of rotatable bonds is 7. The van der Waals surface area contributed by atoms with E-state index in [1.165, 1.54) is 16.2 Å². The van der Waals surface area contributed by atoms with Crippen molar-refractivity contribution in [1.29, 1.82) is 0 Å². The van der Waals surface area contributed by atoms with Crippen LogP contribution in [0.25, 0.3) is 0 Å². The average molecular weight is 422 g/mol. The molecule has 0 saturated heterocycles. The number of benzene rings is 1. The Bertz CT molecular complexity index is 831. The third-order valence-electron chi connectivity index (χ3n) is 3.67. The van der Waals surface area contributed by atoms with E-state index in [2.05, 4.69) is 10.6 Å². The summed E-state index contributed by atoms with van der Waals surface area (Å²) >= 11 is 7.50. The van der Waals surface area contributed by atoms with Crippen molar-refractivity contribution in [2.75, 3.05) is 13.1 Å². The van der Waals surface area contributed by atoms with E-state index >= 15 is 0 Å². The van der Waals surface area contributed by atoms with Crippen LogP contribution in [0.15, 0.2) is 41.8 Å². The van der Waals surface area contributed by atoms with Crippen LogP contribution in [0.4, 0.5) is 0 Å². The Morgan fingerprint density at radius 2 is 1.82 bits per heavy atom. The summed E-state index contributed by atoms with van der Waals surface area (Å²) in [7, 11) is 0. The molecule has 150 valence electrons. The molecular weight excluding hydrogens is 398 g/mol. The van der Waals surface area contributed by atoms with Crippen LogP contribution in [0.3, 0.4) is 0 Å². The Balaban J connectivity index is 2.07. The highest BCUT2D eigenvalue weighted by Gasteiger charge is 2.22. The van der Waals surface area contributed by atoms with Crippen LogP contribution >= 0.6 is 22.9 Å². The van der Waals surface area contributed by atoms with Gasteiger partial charge >= 0.3 is 0 Å². The zero-order chi connectivity index (χ0) is 20.7. The van der Waals surface area contributed by atoms with Crippen LogP contribution in [0, 0.1) is 0 Å². The molecule has 1 heterocycles. The maximum atomic E-state index is 12.7. The number of halogens is 1. The van der Waals surface area contributed by atoms with Crippen molar-refractivity contribution in [2.24, 2.45) is 0 Å². The van der Waals surface area contributed by atoms with Crippen molar-refractivity contribution in [3.8, 4) is 0 Å². The minimum Gasteiger partial charge on any atom is -0.350 e. The van der Waals surface area contributed by atoms with Gasteiger partial charge < -0.3 is 15.5 Å². The van der Waals surface area contributed by atoms with E-state index in [-0.39, 0.29) is 37.4 Å². The van der Waals surface area contributed by atoms with Gasteiger partial charge in [-0.15, -0.1) is 11.3 Å². The second kappa shape index (κ2) is 9.71. The number of amides is 3. The largest absolute Gasteiger partial charge is 0.350 e. The van der Waals surface area contributed by atoms with E-state index in [0.717, 1.165) is 5.56 Å². The molecule has 2 N–H and O–H groups in total. The topological polar surface area (TPSA) is 78.5 Å². The Morgan fingerprint density at radius 1 is 1.11 bits per heavy atom.